The van der Waals surface area contributed by atoms with Gasteiger partial charge in [0.2, 0.25) is 0 Å². The van der Waals surface area contributed by atoms with Crippen LogP contribution in [-0.4, -0.2) is 73.1 Å². The molecular formula is C25H46N6. The van der Waals surface area contributed by atoms with E-state index < -0.39 is 0 Å². The molecule has 176 valence electrons. The maximum absolute atomic E-state index is 5.47. The molecule has 2 aliphatic rings. The Morgan fingerprint density at radius 1 is 0.935 bits per heavy atom. The molecule has 4 heterocycles. The second-order valence-electron chi connectivity index (χ2n) is 7.52. The Morgan fingerprint density at radius 2 is 1.61 bits per heavy atom. The standard InChI is InChI=1S/C11H16N2.C6H14N2.C5H5N.C2H6.CH5N/c1-13-7-3-5-11(13)8-10-4-2-6-12-9-10;1-8-3-2-6(4-7)5-8;1-2-4-6-5-3-1;2*1-2/h2,4,6,9,11H,3,5,7-8H2,1H3;6H,2-5,7H2,1H3;1-5H;1-2H3;2H2,1H3. The van der Waals surface area contributed by atoms with Gasteiger partial charge in [0.15, 0.2) is 0 Å². The Balaban J connectivity index is 0.000000430. The van der Waals surface area contributed by atoms with Crippen molar-refractivity contribution in [2.24, 2.45) is 17.4 Å². The second-order valence-corrected chi connectivity index (χ2v) is 7.52. The minimum Gasteiger partial charge on any atom is -0.333 e. The summed E-state index contributed by atoms with van der Waals surface area (Å²) in [6.45, 7) is 8.56. The summed E-state index contributed by atoms with van der Waals surface area (Å²) in [6, 6.07) is 10.6. The van der Waals surface area contributed by atoms with Crippen LogP contribution in [0, 0.1) is 5.92 Å². The maximum Gasteiger partial charge on any atom is 0.0300 e. The number of rotatable bonds is 3. The average molecular weight is 431 g/mol. The smallest absolute Gasteiger partial charge is 0.0300 e. The van der Waals surface area contributed by atoms with Gasteiger partial charge in [0.25, 0.3) is 0 Å². The molecule has 31 heavy (non-hydrogen) atoms. The van der Waals surface area contributed by atoms with Crippen LogP contribution >= 0.6 is 0 Å². The lowest BCUT2D eigenvalue weighted by atomic mass is 10.1. The highest BCUT2D eigenvalue weighted by Crippen LogP contribution is 2.18. The van der Waals surface area contributed by atoms with Crippen LogP contribution in [0.3, 0.4) is 0 Å². The number of hydrogen-bond acceptors (Lipinski definition) is 6. The van der Waals surface area contributed by atoms with Crippen LogP contribution in [0.25, 0.3) is 0 Å². The predicted molar refractivity (Wildman–Crippen MR) is 134 cm³/mol. The van der Waals surface area contributed by atoms with E-state index >= 15 is 0 Å². The van der Waals surface area contributed by atoms with Crippen LogP contribution in [0.4, 0.5) is 0 Å². The molecule has 0 aliphatic carbocycles. The molecule has 2 atom stereocenters. The number of likely N-dealkylation sites (N-methyl/N-ethyl adjacent to an activating group) is 1. The van der Waals surface area contributed by atoms with Gasteiger partial charge in [-0.15, -0.1) is 0 Å². The third-order valence-corrected chi connectivity index (χ3v) is 5.25. The highest BCUT2D eigenvalue weighted by molar-refractivity contribution is 5.10. The molecule has 2 unspecified atom stereocenters. The molecule has 0 saturated carbocycles. The van der Waals surface area contributed by atoms with Crippen LogP contribution < -0.4 is 11.5 Å². The zero-order valence-corrected chi connectivity index (χ0v) is 20.5. The van der Waals surface area contributed by atoms with Crippen molar-refractivity contribution in [1.29, 1.82) is 0 Å². The number of nitrogens with zero attached hydrogens (tertiary/aromatic N) is 4. The topological polar surface area (TPSA) is 84.3 Å². The van der Waals surface area contributed by atoms with Gasteiger partial charge in [0.1, 0.15) is 0 Å². The summed E-state index contributed by atoms with van der Waals surface area (Å²) < 4.78 is 0. The van der Waals surface area contributed by atoms with E-state index in [0.717, 1.165) is 24.9 Å². The first-order valence-corrected chi connectivity index (χ1v) is 11.6. The van der Waals surface area contributed by atoms with E-state index in [0.29, 0.717) is 0 Å². The Morgan fingerprint density at radius 3 is 1.97 bits per heavy atom. The first-order chi connectivity index (χ1) is 15.2. The molecular weight excluding hydrogens is 384 g/mol. The molecule has 6 heteroatoms. The third-order valence-electron chi connectivity index (χ3n) is 5.25. The van der Waals surface area contributed by atoms with Gasteiger partial charge in [-0.05, 0) is 96.1 Å². The SMILES string of the molecule is CC.CN.CN1CCC(CN)C1.CN1CCCC1Cc1cccnc1.c1ccncc1. The summed E-state index contributed by atoms with van der Waals surface area (Å²) in [5.74, 6) is 0.778. The molecule has 0 amide bonds. The minimum atomic E-state index is 0.740. The first-order valence-electron chi connectivity index (χ1n) is 11.6. The van der Waals surface area contributed by atoms with Crippen molar-refractivity contribution in [3.63, 3.8) is 0 Å². The molecule has 4 rings (SSSR count). The Labute approximate surface area is 191 Å². The lowest BCUT2D eigenvalue weighted by Crippen LogP contribution is -2.26. The molecule has 2 saturated heterocycles. The number of hydrogen-bond donors (Lipinski definition) is 2. The lowest BCUT2D eigenvalue weighted by molar-refractivity contribution is 0.309. The highest BCUT2D eigenvalue weighted by Gasteiger charge is 2.20. The summed E-state index contributed by atoms with van der Waals surface area (Å²) in [6.07, 6.45) is 12.5. The normalized spacial score (nSPS) is 20.0. The van der Waals surface area contributed by atoms with E-state index in [2.05, 4.69) is 45.7 Å². The molecule has 0 aromatic carbocycles. The number of nitrogens with two attached hydrogens (primary N) is 2. The van der Waals surface area contributed by atoms with E-state index in [1.165, 1.54) is 51.5 Å². The molecule has 0 bridgehead atoms. The van der Waals surface area contributed by atoms with Gasteiger partial charge in [-0.1, -0.05) is 26.0 Å². The van der Waals surface area contributed by atoms with Crippen LogP contribution in [0.2, 0.25) is 0 Å². The minimum absolute atomic E-state index is 0.740. The van der Waals surface area contributed by atoms with E-state index in [9.17, 15) is 0 Å². The Bertz CT molecular complexity index is 569. The lowest BCUT2D eigenvalue weighted by Gasteiger charge is -2.18. The molecule has 0 radical (unpaired) electrons. The van der Waals surface area contributed by atoms with Crippen molar-refractivity contribution in [2.75, 3.05) is 47.3 Å². The van der Waals surface area contributed by atoms with Crippen molar-refractivity contribution >= 4 is 0 Å². The van der Waals surface area contributed by atoms with E-state index in [1.54, 1.807) is 12.4 Å². The van der Waals surface area contributed by atoms with Crippen molar-refractivity contribution in [3.8, 4) is 0 Å². The Hall–Kier alpha value is -1.86. The third kappa shape index (κ3) is 13.9. The fourth-order valence-electron chi connectivity index (χ4n) is 3.56. The monoisotopic (exact) mass is 430 g/mol. The van der Waals surface area contributed by atoms with Crippen LogP contribution in [0.5, 0.6) is 0 Å². The van der Waals surface area contributed by atoms with Crippen molar-refractivity contribution in [2.45, 2.75) is 45.6 Å². The maximum atomic E-state index is 5.47. The number of aromatic nitrogens is 2. The molecule has 4 N–H and O–H groups in total. The van der Waals surface area contributed by atoms with Crippen LogP contribution in [-0.2, 0) is 6.42 Å². The summed E-state index contributed by atoms with van der Waals surface area (Å²) in [5.41, 5.74) is 11.3. The fourth-order valence-corrected chi connectivity index (χ4v) is 3.56. The molecule has 6 nitrogen and oxygen atoms in total. The van der Waals surface area contributed by atoms with Crippen molar-refractivity contribution in [3.05, 3.63) is 60.7 Å². The molecule has 2 fully saturated rings. The van der Waals surface area contributed by atoms with E-state index in [4.69, 9.17) is 5.73 Å². The summed E-state index contributed by atoms with van der Waals surface area (Å²) >= 11 is 0. The van der Waals surface area contributed by atoms with E-state index in [-0.39, 0.29) is 0 Å². The number of pyridine rings is 2. The van der Waals surface area contributed by atoms with Gasteiger partial charge >= 0.3 is 0 Å². The number of likely N-dealkylation sites (tertiary alicyclic amines) is 2. The van der Waals surface area contributed by atoms with Gasteiger partial charge in [-0.2, -0.15) is 0 Å². The van der Waals surface area contributed by atoms with E-state index in [1.807, 2.05) is 50.5 Å². The van der Waals surface area contributed by atoms with Gasteiger partial charge in [0, 0.05) is 37.4 Å². The average Bonchev–Trinajstić information content (AvgIpc) is 3.47. The quantitative estimate of drug-likeness (QED) is 0.777. The fraction of sp³-hybridized carbons (Fsp3) is 0.600. The van der Waals surface area contributed by atoms with Crippen LogP contribution in [0.15, 0.2) is 55.1 Å². The Kier molecular flexibility index (Phi) is 18.9. The molecule has 0 spiro atoms. The second kappa shape index (κ2) is 20.1. The van der Waals surface area contributed by atoms with Gasteiger partial charge in [-0.25, -0.2) is 0 Å². The summed E-state index contributed by atoms with van der Waals surface area (Å²) in [7, 11) is 5.86. The van der Waals surface area contributed by atoms with Crippen molar-refractivity contribution in [1.82, 2.24) is 19.8 Å². The summed E-state index contributed by atoms with van der Waals surface area (Å²) in [5, 5.41) is 0. The summed E-state index contributed by atoms with van der Waals surface area (Å²) in [4.78, 5) is 12.7. The van der Waals surface area contributed by atoms with Gasteiger partial charge in [0.05, 0.1) is 0 Å². The van der Waals surface area contributed by atoms with Gasteiger partial charge in [-0.3, -0.25) is 9.97 Å². The molecule has 2 aromatic rings. The van der Waals surface area contributed by atoms with Crippen LogP contribution in [0.1, 0.15) is 38.7 Å². The highest BCUT2D eigenvalue weighted by atomic mass is 15.1. The van der Waals surface area contributed by atoms with Gasteiger partial charge < -0.3 is 21.3 Å². The zero-order chi connectivity index (χ0) is 23.3. The predicted octanol–water partition coefficient (Wildman–Crippen LogP) is 3.30. The molecule has 2 aliphatic heterocycles. The zero-order valence-electron chi connectivity index (χ0n) is 20.5. The molecule has 2 aromatic heterocycles. The van der Waals surface area contributed by atoms with Crippen molar-refractivity contribution < 1.29 is 0 Å². The largest absolute Gasteiger partial charge is 0.333 e. The first kappa shape index (κ1) is 29.1.